The highest BCUT2D eigenvalue weighted by molar-refractivity contribution is 5.94. The molecule has 0 aromatic heterocycles. The first-order valence-electron chi connectivity index (χ1n) is 10.7. The van der Waals surface area contributed by atoms with Crippen LogP contribution in [0.2, 0.25) is 0 Å². The Bertz CT molecular complexity index is 917. The topological polar surface area (TPSA) is 6.48 Å². The van der Waals surface area contributed by atoms with Gasteiger partial charge in [0.2, 0.25) is 0 Å². The molecule has 0 bridgehead atoms. The summed E-state index contributed by atoms with van der Waals surface area (Å²) >= 11 is 0. The van der Waals surface area contributed by atoms with E-state index in [1.54, 1.807) is 0 Å². The number of hydrogen-bond acceptors (Lipinski definition) is 2. The van der Waals surface area contributed by atoms with Gasteiger partial charge in [0, 0.05) is 37.3 Å². The minimum Gasteiger partial charge on any atom is -0.368 e. The summed E-state index contributed by atoms with van der Waals surface area (Å²) in [6, 6.07) is 22.3. The van der Waals surface area contributed by atoms with Crippen LogP contribution in [0.25, 0.3) is 10.8 Å². The van der Waals surface area contributed by atoms with E-state index in [9.17, 15) is 0 Å². The predicted octanol–water partition coefficient (Wildman–Crippen LogP) is 5.60. The summed E-state index contributed by atoms with van der Waals surface area (Å²) in [5.74, 6) is 0. The third-order valence-electron chi connectivity index (χ3n) is 6.24. The lowest BCUT2D eigenvalue weighted by molar-refractivity contribution is 0.253. The maximum Gasteiger partial charge on any atom is 0.0446 e. The quantitative estimate of drug-likeness (QED) is 0.520. The summed E-state index contributed by atoms with van der Waals surface area (Å²) in [5.41, 5.74) is 5.70. The van der Waals surface area contributed by atoms with Gasteiger partial charge in [-0.25, -0.2) is 0 Å². The lowest BCUT2D eigenvalue weighted by Gasteiger charge is -2.36. The molecule has 1 saturated heterocycles. The van der Waals surface area contributed by atoms with Crippen LogP contribution in [0.3, 0.4) is 0 Å². The highest BCUT2D eigenvalue weighted by Crippen LogP contribution is 2.27. The minimum atomic E-state index is 1.13. The van der Waals surface area contributed by atoms with Gasteiger partial charge in [-0.05, 0) is 67.8 Å². The number of nitrogens with zero attached hydrogens (tertiary/aromatic N) is 2. The van der Waals surface area contributed by atoms with Gasteiger partial charge in [-0.15, -0.1) is 0 Å². The van der Waals surface area contributed by atoms with Crippen LogP contribution >= 0.6 is 0 Å². The molecule has 4 rings (SSSR count). The van der Waals surface area contributed by atoms with Crippen LogP contribution in [-0.4, -0.2) is 37.6 Å². The summed E-state index contributed by atoms with van der Waals surface area (Å²) in [4.78, 5) is 5.20. The molecular formula is C26H32N2. The van der Waals surface area contributed by atoms with E-state index in [2.05, 4.69) is 84.3 Å². The van der Waals surface area contributed by atoms with Crippen molar-refractivity contribution in [1.82, 2.24) is 4.90 Å². The van der Waals surface area contributed by atoms with E-state index in [1.165, 1.54) is 72.0 Å². The highest BCUT2D eigenvalue weighted by Gasteiger charge is 2.18. The van der Waals surface area contributed by atoms with Crippen molar-refractivity contribution >= 4 is 16.5 Å². The summed E-state index contributed by atoms with van der Waals surface area (Å²) < 4.78 is 0. The van der Waals surface area contributed by atoms with Gasteiger partial charge in [-0.3, -0.25) is 4.90 Å². The largest absolute Gasteiger partial charge is 0.368 e. The van der Waals surface area contributed by atoms with Crippen LogP contribution < -0.4 is 4.90 Å². The molecule has 1 aliphatic rings. The Kier molecular flexibility index (Phi) is 5.97. The Morgan fingerprint density at radius 2 is 1.54 bits per heavy atom. The van der Waals surface area contributed by atoms with Crippen LogP contribution in [0, 0.1) is 13.8 Å². The summed E-state index contributed by atoms with van der Waals surface area (Å²) in [6.45, 7) is 10.2. The molecule has 0 aliphatic carbocycles. The second-order valence-electron chi connectivity index (χ2n) is 8.20. The number of fused-ring (bicyclic) bond motifs is 1. The van der Waals surface area contributed by atoms with Gasteiger partial charge < -0.3 is 4.90 Å². The normalized spacial score (nSPS) is 15.3. The minimum absolute atomic E-state index is 1.13. The van der Waals surface area contributed by atoms with Gasteiger partial charge in [0.1, 0.15) is 0 Å². The zero-order chi connectivity index (χ0) is 19.3. The number of benzene rings is 3. The number of unbranched alkanes of at least 4 members (excludes halogenated alkanes) is 1. The lowest BCUT2D eigenvalue weighted by Crippen LogP contribution is -2.46. The van der Waals surface area contributed by atoms with Gasteiger partial charge in [0.05, 0.1) is 0 Å². The molecule has 3 aromatic rings. The second kappa shape index (κ2) is 8.79. The zero-order valence-corrected chi connectivity index (χ0v) is 17.3. The first kappa shape index (κ1) is 19.0. The van der Waals surface area contributed by atoms with Crippen molar-refractivity contribution in [2.45, 2.75) is 33.1 Å². The van der Waals surface area contributed by atoms with Crippen LogP contribution in [0.5, 0.6) is 0 Å². The molecule has 146 valence electrons. The molecule has 0 atom stereocenters. The van der Waals surface area contributed by atoms with Gasteiger partial charge in [0.25, 0.3) is 0 Å². The summed E-state index contributed by atoms with van der Waals surface area (Å²) in [6.07, 6.45) is 3.78. The monoisotopic (exact) mass is 372 g/mol. The average Bonchev–Trinajstić information content (AvgIpc) is 2.74. The number of hydrogen-bond donors (Lipinski definition) is 0. The third kappa shape index (κ3) is 4.39. The molecule has 0 radical (unpaired) electrons. The van der Waals surface area contributed by atoms with Crippen molar-refractivity contribution < 1.29 is 0 Å². The van der Waals surface area contributed by atoms with Crippen molar-refractivity contribution in [3.63, 3.8) is 0 Å². The number of aryl methyl sites for hydroxylation is 3. The molecule has 0 amide bonds. The molecule has 0 unspecified atom stereocenters. The SMILES string of the molecule is Cc1ccc(CCCCN2CCN(c3cccc4ccccc34)CC2)cc1C. The van der Waals surface area contributed by atoms with E-state index in [0.29, 0.717) is 0 Å². The molecule has 0 saturated carbocycles. The Morgan fingerprint density at radius 1 is 0.750 bits per heavy atom. The van der Waals surface area contributed by atoms with Gasteiger partial charge >= 0.3 is 0 Å². The molecule has 2 heteroatoms. The van der Waals surface area contributed by atoms with E-state index >= 15 is 0 Å². The fraction of sp³-hybridized carbons (Fsp3) is 0.385. The Hall–Kier alpha value is -2.32. The van der Waals surface area contributed by atoms with E-state index in [1.807, 2.05) is 0 Å². The smallest absolute Gasteiger partial charge is 0.0446 e. The molecule has 1 fully saturated rings. The molecular weight excluding hydrogens is 340 g/mol. The fourth-order valence-corrected chi connectivity index (χ4v) is 4.32. The number of piperazine rings is 1. The highest BCUT2D eigenvalue weighted by atomic mass is 15.3. The fourth-order valence-electron chi connectivity index (χ4n) is 4.32. The first-order chi connectivity index (χ1) is 13.7. The zero-order valence-electron chi connectivity index (χ0n) is 17.3. The summed E-state index contributed by atoms with van der Waals surface area (Å²) in [5, 5.41) is 2.72. The van der Waals surface area contributed by atoms with E-state index < -0.39 is 0 Å². The Labute approximate surface area is 169 Å². The van der Waals surface area contributed by atoms with Crippen LogP contribution in [0.15, 0.2) is 60.7 Å². The van der Waals surface area contributed by atoms with Crippen LogP contribution in [0.4, 0.5) is 5.69 Å². The Balaban J connectivity index is 1.25. The van der Waals surface area contributed by atoms with Crippen molar-refractivity contribution in [3.05, 3.63) is 77.4 Å². The van der Waals surface area contributed by atoms with Crippen molar-refractivity contribution in [3.8, 4) is 0 Å². The number of rotatable bonds is 6. The Morgan fingerprint density at radius 3 is 2.36 bits per heavy atom. The maximum absolute atomic E-state index is 2.64. The number of anilines is 1. The van der Waals surface area contributed by atoms with Crippen LogP contribution in [0.1, 0.15) is 29.5 Å². The van der Waals surface area contributed by atoms with Crippen molar-refractivity contribution in [2.24, 2.45) is 0 Å². The molecule has 1 heterocycles. The van der Waals surface area contributed by atoms with E-state index in [4.69, 9.17) is 0 Å². The van der Waals surface area contributed by atoms with Gasteiger partial charge in [-0.2, -0.15) is 0 Å². The van der Waals surface area contributed by atoms with Crippen LogP contribution in [-0.2, 0) is 6.42 Å². The van der Waals surface area contributed by atoms with E-state index in [0.717, 1.165) is 13.1 Å². The predicted molar refractivity (Wildman–Crippen MR) is 121 cm³/mol. The second-order valence-corrected chi connectivity index (χ2v) is 8.20. The van der Waals surface area contributed by atoms with E-state index in [-0.39, 0.29) is 0 Å². The standard InChI is InChI=1S/C26H32N2/c1-21-13-14-23(20-22(21)2)8-5-6-15-27-16-18-28(19-17-27)26-12-7-10-24-9-3-4-11-25(24)26/h3-4,7,9-14,20H,5-6,8,15-19H2,1-2H3. The average molecular weight is 373 g/mol. The molecule has 2 nitrogen and oxygen atoms in total. The molecule has 3 aromatic carbocycles. The lowest BCUT2D eigenvalue weighted by atomic mass is 10.0. The molecule has 0 spiro atoms. The molecule has 1 aliphatic heterocycles. The van der Waals surface area contributed by atoms with Gasteiger partial charge in [0.15, 0.2) is 0 Å². The maximum atomic E-state index is 2.64. The first-order valence-corrected chi connectivity index (χ1v) is 10.7. The summed E-state index contributed by atoms with van der Waals surface area (Å²) in [7, 11) is 0. The van der Waals surface area contributed by atoms with Crippen molar-refractivity contribution in [1.29, 1.82) is 0 Å². The third-order valence-corrected chi connectivity index (χ3v) is 6.24. The van der Waals surface area contributed by atoms with Gasteiger partial charge in [-0.1, -0.05) is 54.6 Å². The van der Waals surface area contributed by atoms with Crippen molar-refractivity contribution in [2.75, 3.05) is 37.6 Å². The molecule has 28 heavy (non-hydrogen) atoms. The molecule has 0 N–H and O–H groups in total.